The molecule has 0 aliphatic carbocycles. The van der Waals surface area contributed by atoms with Gasteiger partial charge in [-0.3, -0.25) is 9.59 Å². The van der Waals surface area contributed by atoms with Crippen molar-refractivity contribution in [2.75, 3.05) is 25.2 Å². The summed E-state index contributed by atoms with van der Waals surface area (Å²) in [5.41, 5.74) is 0.920. The lowest BCUT2D eigenvalue weighted by Gasteiger charge is -2.45. The average molecular weight is 571 g/mol. The molecule has 8 nitrogen and oxygen atoms in total. The normalized spacial score (nSPS) is 26.6. The van der Waals surface area contributed by atoms with E-state index in [4.69, 9.17) is 14.2 Å². The minimum atomic E-state index is -1.15. The van der Waals surface area contributed by atoms with Crippen LogP contribution in [0.4, 0.5) is 0 Å². The molecule has 2 aromatic rings. The number of nitrogens with zero attached hydrogens (tertiary/aromatic N) is 1. The van der Waals surface area contributed by atoms with Crippen molar-refractivity contribution in [3.63, 3.8) is 0 Å². The summed E-state index contributed by atoms with van der Waals surface area (Å²) < 4.78 is 17.5. The molecule has 2 amide bonds. The van der Waals surface area contributed by atoms with Crippen LogP contribution in [0.1, 0.15) is 40.2 Å². The van der Waals surface area contributed by atoms with Crippen molar-refractivity contribution >= 4 is 34.3 Å². The van der Waals surface area contributed by atoms with Gasteiger partial charge in [-0.1, -0.05) is 69.3 Å². The highest BCUT2D eigenvalue weighted by atomic mass is 32.2. The summed E-state index contributed by atoms with van der Waals surface area (Å²) >= 11 is 1.62. The van der Waals surface area contributed by atoms with Crippen LogP contribution in [0, 0.1) is 5.41 Å². The molecule has 2 heterocycles. The Morgan fingerprint density at radius 3 is 2.65 bits per heavy atom. The van der Waals surface area contributed by atoms with Gasteiger partial charge in [-0.15, -0.1) is 0 Å². The number of thioether (sulfide) groups is 1. The molecule has 9 heteroatoms. The van der Waals surface area contributed by atoms with Gasteiger partial charge in [0, 0.05) is 31.7 Å². The Kier molecular flexibility index (Phi) is 9.62. The lowest BCUT2D eigenvalue weighted by atomic mass is 9.93. The van der Waals surface area contributed by atoms with Gasteiger partial charge in [-0.2, -0.15) is 11.8 Å². The van der Waals surface area contributed by atoms with E-state index in [-0.39, 0.29) is 11.3 Å². The molecule has 2 saturated heterocycles. The molecule has 0 bridgehead atoms. The molecule has 5 atom stereocenters. The predicted octanol–water partition coefficient (Wildman–Crippen LogP) is 3.90. The number of carbonyl (C=O) groups is 2. The van der Waals surface area contributed by atoms with Crippen molar-refractivity contribution in [2.45, 2.75) is 77.4 Å². The molecule has 2 aliphatic rings. The number of amides is 2. The molecule has 0 spiro atoms. The van der Waals surface area contributed by atoms with Crippen LogP contribution in [-0.4, -0.2) is 83.2 Å². The monoisotopic (exact) mass is 570 g/mol. The number of ether oxygens (including phenoxy) is 3. The van der Waals surface area contributed by atoms with Gasteiger partial charge in [0.2, 0.25) is 5.91 Å². The average Bonchev–Trinajstić information content (AvgIpc) is 3.05. The van der Waals surface area contributed by atoms with Gasteiger partial charge in [-0.25, -0.2) is 0 Å². The third-order valence-electron chi connectivity index (χ3n) is 7.01. The Hall–Kier alpha value is -2.43. The highest BCUT2D eigenvalue weighted by Crippen LogP contribution is 2.31. The zero-order valence-electron chi connectivity index (χ0n) is 24.3. The Morgan fingerprint density at radius 2 is 1.95 bits per heavy atom. The number of allylic oxidation sites excluding steroid dienone is 1. The van der Waals surface area contributed by atoms with Gasteiger partial charge in [-0.05, 0) is 41.7 Å². The Bertz CT molecular complexity index is 1230. The van der Waals surface area contributed by atoms with E-state index in [9.17, 15) is 14.7 Å². The van der Waals surface area contributed by atoms with Crippen LogP contribution in [0.25, 0.3) is 10.8 Å². The molecule has 1 unspecified atom stereocenters. The third-order valence-corrected chi connectivity index (χ3v) is 8.05. The molecule has 2 aromatic carbocycles. The fourth-order valence-corrected chi connectivity index (χ4v) is 6.00. The van der Waals surface area contributed by atoms with Crippen LogP contribution < -0.4 is 5.32 Å². The summed E-state index contributed by atoms with van der Waals surface area (Å²) in [5.74, 6) is -0.472. The fourth-order valence-electron chi connectivity index (χ4n) is 5.03. The van der Waals surface area contributed by atoms with E-state index >= 15 is 0 Å². The standard InChI is InChI=1S/C31H42N2O6S/c1-30(2,3)14-13-24-25(34)26(39-31(4,5)38-24)27(37-6)28(35)32-23-19-40-16-15-33(29(23)36)18-20-11-12-21-9-7-8-10-22(21)17-20/h7-14,17,23-27,34H,15-16,18-19H2,1-6H3,(H,32,35)/t23?,24-,25+,26-,27-/m1/s1. The second-order valence-electron chi connectivity index (χ2n) is 12.0. The molecule has 4 rings (SSSR count). The minimum Gasteiger partial charge on any atom is -0.387 e. The van der Waals surface area contributed by atoms with Gasteiger partial charge in [0.15, 0.2) is 11.9 Å². The van der Waals surface area contributed by atoms with Crippen molar-refractivity contribution in [1.29, 1.82) is 0 Å². The maximum atomic E-state index is 13.6. The first-order valence-corrected chi connectivity index (χ1v) is 14.9. The molecule has 218 valence electrons. The lowest BCUT2D eigenvalue weighted by Crippen LogP contribution is -2.62. The molecule has 2 N–H and O–H groups in total. The van der Waals surface area contributed by atoms with Crippen molar-refractivity contribution in [3.05, 3.63) is 60.2 Å². The number of rotatable bonds is 7. The van der Waals surface area contributed by atoms with Crippen LogP contribution in [0.2, 0.25) is 0 Å². The number of hydrogen-bond donors (Lipinski definition) is 2. The number of benzene rings is 2. The number of carbonyl (C=O) groups excluding carboxylic acids is 2. The molecular weight excluding hydrogens is 528 g/mol. The highest BCUT2D eigenvalue weighted by molar-refractivity contribution is 7.99. The maximum Gasteiger partial charge on any atom is 0.252 e. The van der Waals surface area contributed by atoms with Gasteiger partial charge < -0.3 is 29.5 Å². The zero-order valence-corrected chi connectivity index (χ0v) is 25.1. The Labute approximate surface area is 241 Å². The quantitative estimate of drug-likeness (QED) is 0.488. The largest absolute Gasteiger partial charge is 0.387 e. The van der Waals surface area contributed by atoms with Gasteiger partial charge in [0.25, 0.3) is 5.91 Å². The minimum absolute atomic E-state index is 0.116. The SMILES string of the molecule is CO[C@@H](C(=O)NC1CSCCN(Cc2ccc3ccccc3c2)C1=O)[C@@H]1OC(C)(C)O[C@H](C=CC(C)(C)C)[C@@H]1O. The molecule has 2 fully saturated rings. The van der Waals surface area contributed by atoms with E-state index in [1.165, 1.54) is 7.11 Å². The number of methoxy groups -OCH3 is 1. The van der Waals surface area contributed by atoms with E-state index in [0.29, 0.717) is 18.8 Å². The first kappa shape index (κ1) is 30.5. The first-order chi connectivity index (χ1) is 18.9. The number of aliphatic hydroxyl groups is 1. The molecule has 0 saturated carbocycles. The smallest absolute Gasteiger partial charge is 0.252 e. The van der Waals surface area contributed by atoms with Crippen LogP contribution in [0.5, 0.6) is 0 Å². The van der Waals surface area contributed by atoms with Crippen LogP contribution in [0.3, 0.4) is 0 Å². The van der Waals surface area contributed by atoms with Crippen LogP contribution in [-0.2, 0) is 30.3 Å². The van der Waals surface area contributed by atoms with Crippen molar-refractivity contribution in [2.24, 2.45) is 5.41 Å². The third kappa shape index (κ3) is 7.64. The second-order valence-corrected chi connectivity index (χ2v) is 13.2. The maximum absolute atomic E-state index is 13.6. The van der Waals surface area contributed by atoms with Crippen LogP contribution in [0.15, 0.2) is 54.6 Å². The fraction of sp³-hybridized carbons (Fsp3) is 0.548. The van der Waals surface area contributed by atoms with Crippen molar-refractivity contribution in [1.82, 2.24) is 10.2 Å². The summed E-state index contributed by atoms with van der Waals surface area (Å²) in [5, 5.41) is 16.3. The summed E-state index contributed by atoms with van der Waals surface area (Å²) in [6, 6.07) is 13.6. The molecule has 2 aliphatic heterocycles. The number of aliphatic hydroxyl groups excluding tert-OH is 1. The van der Waals surface area contributed by atoms with E-state index in [1.807, 2.05) is 51.1 Å². The van der Waals surface area contributed by atoms with Gasteiger partial charge >= 0.3 is 0 Å². The summed E-state index contributed by atoms with van der Waals surface area (Å²) in [7, 11) is 1.40. The van der Waals surface area contributed by atoms with Gasteiger partial charge in [0.05, 0.1) is 0 Å². The topological polar surface area (TPSA) is 97.3 Å². The van der Waals surface area contributed by atoms with E-state index in [2.05, 4.69) is 29.6 Å². The molecular formula is C31H42N2O6S. The summed E-state index contributed by atoms with van der Waals surface area (Å²) in [4.78, 5) is 28.9. The molecule has 40 heavy (non-hydrogen) atoms. The van der Waals surface area contributed by atoms with Crippen molar-refractivity contribution < 1.29 is 28.9 Å². The van der Waals surface area contributed by atoms with E-state index in [1.54, 1.807) is 30.5 Å². The van der Waals surface area contributed by atoms with E-state index in [0.717, 1.165) is 22.1 Å². The van der Waals surface area contributed by atoms with Crippen LogP contribution >= 0.6 is 11.8 Å². The Balaban J connectivity index is 1.47. The summed E-state index contributed by atoms with van der Waals surface area (Å²) in [6.07, 6.45) is -0.198. The lowest BCUT2D eigenvalue weighted by molar-refractivity contribution is -0.334. The predicted molar refractivity (Wildman–Crippen MR) is 158 cm³/mol. The summed E-state index contributed by atoms with van der Waals surface area (Å²) in [6.45, 7) is 10.7. The highest BCUT2D eigenvalue weighted by Gasteiger charge is 2.48. The zero-order chi connectivity index (χ0) is 29.1. The molecule has 0 radical (unpaired) electrons. The second kappa shape index (κ2) is 12.6. The molecule has 0 aromatic heterocycles. The Morgan fingerprint density at radius 1 is 1.23 bits per heavy atom. The number of nitrogens with one attached hydrogen (secondary N) is 1. The van der Waals surface area contributed by atoms with Gasteiger partial charge in [0.1, 0.15) is 24.4 Å². The van der Waals surface area contributed by atoms with E-state index < -0.39 is 42.2 Å². The number of hydrogen-bond acceptors (Lipinski definition) is 7. The number of fused-ring (bicyclic) bond motifs is 1. The van der Waals surface area contributed by atoms with Crippen molar-refractivity contribution in [3.8, 4) is 0 Å². The first-order valence-electron chi connectivity index (χ1n) is 13.8.